The van der Waals surface area contributed by atoms with Gasteiger partial charge in [-0.2, -0.15) is 0 Å². The van der Waals surface area contributed by atoms with Crippen molar-refractivity contribution in [2.75, 3.05) is 33.8 Å². The molecule has 1 amide bonds. The largest absolute Gasteiger partial charge is 0.376 e. The number of aliphatic imine (C=N–C) groups is 1. The number of likely N-dealkylation sites (N-methyl/N-ethyl adjacent to an activating group) is 1. The van der Waals surface area contributed by atoms with Gasteiger partial charge in [0.05, 0.1) is 12.1 Å². The number of hydrogen-bond acceptors (Lipinski definition) is 3. The Morgan fingerprint density at radius 2 is 2.23 bits per heavy atom. The van der Waals surface area contributed by atoms with Crippen LogP contribution in [0.5, 0.6) is 0 Å². The van der Waals surface area contributed by atoms with Crippen LogP contribution in [0, 0.1) is 0 Å². The molecule has 0 spiro atoms. The van der Waals surface area contributed by atoms with Gasteiger partial charge in [0.1, 0.15) is 6.54 Å². The third-order valence-electron chi connectivity index (χ3n) is 4.09. The fourth-order valence-electron chi connectivity index (χ4n) is 2.52. The van der Waals surface area contributed by atoms with Gasteiger partial charge in [-0.1, -0.05) is 23.7 Å². The summed E-state index contributed by atoms with van der Waals surface area (Å²) >= 11 is 6.07. The third-order valence-corrected chi connectivity index (χ3v) is 4.33. The minimum absolute atomic E-state index is 0. The predicted molar refractivity (Wildman–Crippen MR) is 116 cm³/mol. The van der Waals surface area contributed by atoms with E-state index in [-0.39, 0.29) is 48.6 Å². The standard InChI is InChI=1S/C18H27ClN4O2.HI/c1-13(14-6-4-7-15(19)10-14)22-18(21-12-17(24)23(2)3)20-11-16-8-5-9-25-16;/h4,6-7,10,13,16H,5,8-9,11-12H2,1-3H3,(H2,20,21,22);1H. The molecule has 1 aromatic rings. The summed E-state index contributed by atoms with van der Waals surface area (Å²) in [4.78, 5) is 17.8. The Morgan fingerprint density at radius 1 is 1.46 bits per heavy atom. The number of carbonyl (C=O) groups is 1. The monoisotopic (exact) mass is 494 g/mol. The Kier molecular flexibility index (Phi) is 10.3. The summed E-state index contributed by atoms with van der Waals surface area (Å²) in [5.74, 6) is 0.548. The van der Waals surface area contributed by atoms with Gasteiger partial charge in [0.2, 0.25) is 5.91 Å². The quantitative estimate of drug-likeness (QED) is 0.363. The highest BCUT2D eigenvalue weighted by Gasteiger charge is 2.17. The van der Waals surface area contributed by atoms with Crippen molar-refractivity contribution >= 4 is 47.4 Å². The van der Waals surface area contributed by atoms with Crippen molar-refractivity contribution in [3.63, 3.8) is 0 Å². The molecule has 146 valence electrons. The summed E-state index contributed by atoms with van der Waals surface area (Å²) in [5.41, 5.74) is 1.05. The SMILES string of the molecule is CC(NC(=NCC(=O)N(C)C)NCC1CCCO1)c1cccc(Cl)c1.I. The van der Waals surface area contributed by atoms with Crippen molar-refractivity contribution in [3.05, 3.63) is 34.9 Å². The third kappa shape index (κ3) is 7.67. The molecule has 0 radical (unpaired) electrons. The topological polar surface area (TPSA) is 66.0 Å². The molecule has 1 saturated heterocycles. The number of amides is 1. The molecule has 2 atom stereocenters. The normalized spacial score (nSPS) is 18.0. The first-order chi connectivity index (χ1) is 12.0. The van der Waals surface area contributed by atoms with Crippen LogP contribution < -0.4 is 10.6 Å². The van der Waals surface area contributed by atoms with Crippen LogP contribution in [-0.4, -0.2) is 56.7 Å². The Morgan fingerprint density at radius 3 is 2.85 bits per heavy atom. The summed E-state index contributed by atoms with van der Waals surface area (Å²) in [6, 6.07) is 7.69. The molecule has 2 N–H and O–H groups in total. The number of hydrogen-bond donors (Lipinski definition) is 2. The van der Waals surface area contributed by atoms with Crippen LogP contribution in [-0.2, 0) is 9.53 Å². The zero-order valence-electron chi connectivity index (χ0n) is 15.5. The molecule has 2 unspecified atom stereocenters. The molecule has 1 fully saturated rings. The van der Waals surface area contributed by atoms with E-state index in [0.29, 0.717) is 17.5 Å². The Hall–Kier alpha value is -1.06. The van der Waals surface area contributed by atoms with Crippen LogP contribution in [0.25, 0.3) is 0 Å². The molecule has 26 heavy (non-hydrogen) atoms. The molecular weight excluding hydrogens is 467 g/mol. The first-order valence-corrected chi connectivity index (χ1v) is 8.95. The fraction of sp³-hybridized carbons (Fsp3) is 0.556. The van der Waals surface area contributed by atoms with Gasteiger partial charge in [-0.15, -0.1) is 24.0 Å². The van der Waals surface area contributed by atoms with Gasteiger partial charge in [0.25, 0.3) is 0 Å². The maximum atomic E-state index is 11.8. The number of benzene rings is 1. The van der Waals surface area contributed by atoms with Crippen LogP contribution in [0.3, 0.4) is 0 Å². The summed E-state index contributed by atoms with van der Waals surface area (Å²) in [6.45, 7) is 3.60. The van der Waals surface area contributed by atoms with E-state index < -0.39 is 0 Å². The molecule has 0 aromatic heterocycles. The van der Waals surface area contributed by atoms with E-state index in [1.807, 2.05) is 31.2 Å². The van der Waals surface area contributed by atoms with Crippen molar-refractivity contribution in [1.29, 1.82) is 0 Å². The van der Waals surface area contributed by atoms with E-state index in [1.165, 1.54) is 4.90 Å². The zero-order chi connectivity index (χ0) is 18.2. The minimum Gasteiger partial charge on any atom is -0.376 e. The van der Waals surface area contributed by atoms with E-state index in [2.05, 4.69) is 15.6 Å². The van der Waals surface area contributed by atoms with Crippen LogP contribution in [0.2, 0.25) is 5.02 Å². The zero-order valence-corrected chi connectivity index (χ0v) is 18.6. The molecule has 1 heterocycles. The fourth-order valence-corrected chi connectivity index (χ4v) is 2.72. The van der Waals surface area contributed by atoms with Crippen LogP contribution in [0.1, 0.15) is 31.4 Å². The lowest BCUT2D eigenvalue weighted by Gasteiger charge is -2.20. The van der Waals surface area contributed by atoms with Crippen molar-refractivity contribution in [2.45, 2.75) is 31.9 Å². The van der Waals surface area contributed by atoms with Crippen molar-refractivity contribution in [1.82, 2.24) is 15.5 Å². The smallest absolute Gasteiger partial charge is 0.243 e. The van der Waals surface area contributed by atoms with Gasteiger partial charge in [0, 0.05) is 32.3 Å². The van der Waals surface area contributed by atoms with E-state index in [0.717, 1.165) is 25.0 Å². The second-order valence-corrected chi connectivity index (χ2v) is 6.83. The molecular formula is C18H28ClIN4O2. The predicted octanol–water partition coefficient (Wildman–Crippen LogP) is 2.82. The number of halogens is 2. The van der Waals surface area contributed by atoms with Crippen LogP contribution in [0.4, 0.5) is 0 Å². The number of nitrogens with zero attached hydrogens (tertiary/aromatic N) is 2. The van der Waals surface area contributed by atoms with Crippen molar-refractivity contribution < 1.29 is 9.53 Å². The summed E-state index contributed by atoms with van der Waals surface area (Å²) in [6.07, 6.45) is 2.32. The molecule has 6 nitrogen and oxygen atoms in total. The maximum absolute atomic E-state index is 11.8. The molecule has 0 bridgehead atoms. The molecule has 0 aliphatic carbocycles. The van der Waals surface area contributed by atoms with Gasteiger partial charge in [0.15, 0.2) is 5.96 Å². The van der Waals surface area contributed by atoms with Gasteiger partial charge in [-0.25, -0.2) is 4.99 Å². The second-order valence-electron chi connectivity index (χ2n) is 6.39. The van der Waals surface area contributed by atoms with Gasteiger partial charge < -0.3 is 20.3 Å². The highest BCUT2D eigenvalue weighted by atomic mass is 127. The van der Waals surface area contributed by atoms with Crippen molar-refractivity contribution in [2.24, 2.45) is 4.99 Å². The van der Waals surface area contributed by atoms with E-state index in [4.69, 9.17) is 16.3 Å². The highest BCUT2D eigenvalue weighted by molar-refractivity contribution is 14.0. The number of carbonyl (C=O) groups excluding carboxylic acids is 1. The minimum atomic E-state index is -0.0476. The summed E-state index contributed by atoms with van der Waals surface area (Å²) in [5, 5.41) is 7.31. The average molecular weight is 495 g/mol. The number of nitrogens with one attached hydrogen (secondary N) is 2. The number of ether oxygens (including phenoxy) is 1. The summed E-state index contributed by atoms with van der Waals surface area (Å²) < 4.78 is 5.63. The van der Waals surface area contributed by atoms with Crippen molar-refractivity contribution in [3.8, 4) is 0 Å². The molecule has 1 aromatic carbocycles. The summed E-state index contributed by atoms with van der Waals surface area (Å²) in [7, 11) is 3.44. The first-order valence-electron chi connectivity index (χ1n) is 8.58. The number of guanidine groups is 1. The Balaban J connectivity index is 0.00000338. The van der Waals surface area contributed by atoms with E-state index in [9.17, 15) is 4.79 Å². The number of rotatable bonds is 6. The lowest BCUT2D eigenvalue weighted by atomic mass is 10.1. The Bertz CT molecular complexity index is 607. The second kappa shape index (κ2) is 11.6. The molecule has 1 aliphatic heterocycles. The van der Waals surface area contributed by atoms with Crippen LogP contribution in [0.15, 0.2) is 29.3 Å². The highest BCUT2D eigenvalue weighted by Crippen LogP contribution is 2.17. The molecule has 8 heteroatoms. The molecule has 2 rings (SSSR count). The lowest BCUT2D eigenvalue weighted by molar-refractivity contribution is -0.127. The maximum Gasteiger partial charge on any atom is 0.243 e. The van der Waals surface area contributed by atoms with E-state index in [1.54, 1.807) is 14.1 Å². The Labute approximate surface area is 177 Å². The average Bonchev–Trinajstić information content (AvgIpc) is 3.10. The lowest BCUT2D eigenvalue weighted by Crippen LogP contribution is -2.42. The van der Waals surface area contributed by atoms with Gasteiger partial charge in [-0.05, 0) is 37.5 Å². The molecule has 0 saturated carbocycles. The molecule has 1 aliphatic rings. The van der Waals surface area contributed by atoms with Crippen LogP contribution >= 0.6 is 35.6 Å². The van der Waals surface area contributed by atoms with Gasteiger partial charge in [-0.3, -0.25) is 4.79 Å². The van der Waals surface area contributed by atoms with E-state index >= 15 is 0 Å². The first kappa shape index (κ1) is 23.0. The van der Waals surface area contributed by atoms with Gasteiger partial charge >= 0.3 is 0 Å².